The van der Waals surface area contributed by atoms with Crippen molar-refractivity contribution < 1.29 is 9.59 Å². The molecule has 0 spiro atoms. The molecule has 5 nitrogen and oxygen atoms in total. The van der Waals surface area contributed by atoms with Crippen molar-refractivity contribution in [2.45, 2.75) is 43.4 Å². The molecular weight excluding hydrogens is 250 g/mol. The zero-order chi connectivity index (χ0) is 13.6. The number of carbonyl (C=O) groups excluding carboxylic acids is 2. The van der Waals surface area contributed by atoms with Crippen LogP contribution in [0.25, 0.3) is 0 Å². The number of nitrogens with two attached hydrogens (primary N) is 1. The molecule has 1 aliphatic carbocycles. The summed E-state index contributed by atoms with van der Waals surface area (Å²) >= 11 is 1.62. The highest BCUT2D eigenvalue weighted by molar-refractivity contribution is 8.00. The zero-order valence-electron chi connectivity index (χ0n) is 11.1. The van der Waals surface area contributed by atoms with Crippen LogP contribution >= 0.6 is 11.8 Å². The Labute approximate surface area is 113 Å². The molecule has 1 fully saturated rings. The number of nitrogens with one attached hydrogen (secondary N) is 2. The van der Waals surface area contributed by atoms with Gasteiger partial charge in [0.2, 0.25) is 11.8 Å². The lowest BCUT2D eigenvalue weighted by Gasteiger charge is -2.38. The van der Waals surface area contributed by atoms with Crippen molar-refractivity contribution in [3.05, 3.63) is 0 Å². The van der Waals surface area contributed by atoms with Crippen LogP contribution < -0.4 is 16.4 Å². The fourth-order valence-corrected chi connectivity index (χ4v) is 3.71. The van der Waals surface area contributed by atoms with Crippen LogP contribution in [0.1, 0.15) is 32.6 Å². The minimum absolute atomic E-state index is 0.0266. The van der Waals surface area contributed by atoms with E-state index in [4.69, 9.17) is 5.73 Å². The summed E-state index contributed by atoms with van der Waals surface area (Å²) < 4.78 is 0. The van der Waals surface area contributed by atoms with E-state index in [2.05, 4.69) is 10.6 Å². The molecule has 1 aliphatic rings. The van der Waals surface area contributed by atoms with E-state index < -0.39 is 5.54 Å². The molecule has 0 bridgehead atoms. The van der Waals surface area contributed by atoms with Crippen LogP contribution in [0.15, 0.2) is 0 Å². The van der Waals surface area contributed by atoms with Crippen LogP contribution in [0, 0.1) is 0 Å². The number of likely N-dealkylation sites (N-methyl/N-ethyl adjacent to an activating group) is 1. The Morgan fingerprint density at radius 3 is 2.78 bits per heavy atom. The lowest BCUT2D eigenvalue weighted by atomic mass is 9.80. The van der Waals surface area contributed by atoms with Crippen LogP contribution in [-0.2, 0) is 9.59 Å². The second-order valence-electron chi connectivity index (χ2n) is 4.68. The van der Waals surface area contributed by atoms with Crippen molar-refractivity contribution >= 4 is 23.6 Å². The number of thioether (sulfide) groups is 1. The summed E-state index contributed by atoms with van der Waals surface area (Å²) in [6.45, 7) is 2.71. The van der Waals surface area contributed by atoms with Gasteiger partial charge in [0.05, 0.1) is 11.3 Å². The quantitative estimate of drug-likeness (QED) is 0.647. The number of carbonyl (C=O) groups is 2. The third-order valence-corrected chi connectivity index (χ3v) is 4.72. The van der Waals surface area contributed by atoms with Gasteiger partial charge in [0.1, 0.15) is 0 Å². The topological polar surface area (TPSA) is 84.2 Å². The molecule has 0 aliphatic heterocycles. The largest absolute Gasteiger partial charge is 0.368 e. The summed E-state index contributed by atoms with van der Waals surface area (Å²) in [5.41, 5.74) is 4.97. The number of hydrogen-bond donors (Lipinski definition) is 3. The average molecular weight is 273 g/mol. The fraction of sp³-hybridized carbons (Fsp3) is 0.833. The molecule has 0 aromatic heterocycles. The van der Waals surface area contributed by atoms with Crippen LogP contribution in [0.4, 0.5) is 0 Å². The van der Waals surface area contributed by atoms with Gasteiger partial charge in [0, 0.05) is 12.3 Å². The molecule has 18 heavy (non-hydrogen) atoms. The Morgan fingerprint density at radius 1 is 1.50 bits per heavy atom. The maximum atomic E-state index is 11.7. The highest BCUT2D eigenvalue weighted by Gasteiger charge is 2.40. The summed E-state index contributed by atoms with van der Waals surface area (Å²) in [5.74, 6) is 0.204. The molecule has 2 amide bonds. The van der Waals surface area contributed by atoms with Gasteiger partial charge in [-0.3, -0.25) is 9.59 Å². The second kappa shape index (κ2) is 6.99. The van der Waals surface area contributed by atoms with Crippen LogP contribution in [0.2, 0.25) is 0 Å². The van der Waals surface area contributed by atoms with Crippen molar-refractivity contribution in [2.75, 3.05) is 19.3 Å². The predicted molar refractivity (Wildman–Crippen MR) is 74.4 cm³/mol. The number of hydrogen-bond acceptors (Lipinski definition) is 4. The minimum Gasteiger partial charge on any atom is -0.368 e. The van der Waals surface area contributed by atoms with Gasteiger partial charge in [-0.15, -0.1) is 11.8 Å². The zero-order valence-corrected chi connectivity index (χ0v) is 11.9. The molecule has 0 saturated heterocycles. The van der Waals surface area contributed by atoms with Crippen molar-refractivity contribution in [2.24, 2.45) is 5.73 Å². The minimum atomic E-state index is -0.576. The Bertz CT molecular complexity index is 308. The molecule has 1 rings (SSSR count). The van der Waals surface area contributed by atoms with Crippen molar-refractivity contribution in [1.82, 2.24) is 10.6 Å². The standard InChI is InChI=1S/C12H23N3O2S/c1-3-15-12(11(13)17)6-4-5-9(7-12)18-8-10(16)14-2/h9,15H,3-8H2,1-2H3,(H2,13,17)(H,14,16). The third-order valence-electron chi connectivity index (χ3n) is 3.42. The van der Waals surface area contributed by atoms with E-state index >= 15 is 0 Å². The first-order valence-electron chi connectivity index (χ1n) is 6.41. The molecule has 0 heterocycles. The highest BCUT2D eigenvalue weighted by atomic mass is 32.2. The number of amides is 2. The smallest absolute Gasteiger partial charge is 0.237 e. The van der Waals surface area contributed by atoms with E-state index in [1.54, 1.807) is 18.8 Å². The predicted octanol–water partition coefficient (Wildman–Crippen LogP) is 0.242. The molecule has 4 N–H and O–H groups in total. The van der Waals surface area contributed by atoms with Crippen molar-refractivity contribution in [1.29, 1.82) is 0 Å². The van der Waals surface area contributed by atoms with E-state index in [9.17, 15) is 9.59 Å². The molecule has 1 saturated carbocycles. The maximum absolute atomic E-state index is 11.7. The molecule has 2 unspecified atom stereocenters. The van der Waals surface area contributed by atoms with E-state index in [-0.39, 0.29) is 11.8 Å². The van der Waals surface area contributed by atoms with E-state index in [1.165, 1.54) is 0 Å². The van der Waals surface area contributed by atoms with E-state index in [0.717, 1.165) is 32.2 Å². The van der Waals surface area contributed by atoms with Gasteiger partial charge in [0.25, 0.3) is 0 Å². The van der Waals surface area contributed by atoms with Gasteiger partial charge in [-0.05, 0) is 32.2 Å². The summed E-state index contributed by atoms with van der Waals surface area (Å²) in [4.78, 5) is 22.9. The lowest BCUT2D eigenvalue weighted by Crippen LogP contribution is -2.58. The summed E-state index contributed by atoms with van der Waals surface area (Å²) in [6, 6.07) is 0. The summed E-state index contributed by atoms with van der Waals surface area (Å²) in [6.07, 6.45) is 3.54. The molecule has 0 aromatic rings. The van der Waals surface area contributed by atoms with Crippen molar-refractivity contribution in [3.8, 4) is 0 Å². The Morgan fingerprint density at radius 2 is 2.22 bits per heavy atom. The number of rotatable bonds is 6. The van der Waals surface area contributed by atoms with Gasteiger partial charge in [-0.1, -0.05) is 6.92 Å². The third kappa shape index (κ3) is 3.88. The first-order chi connectivity index (χ1) is 8.54. The van der Waals surface area contributed by atoms with Gasteiger partial charge in [-0.2, -0.15) is 0 Å². The van der Waals surface area contributed by atoms with Crippen molar-refractivity contribution in [3.63, 3.8) is 0 Å². The molecule has 104 valence electrons. The summed E-state index contributed by atoms with van der Waals surface area (Å²) in [5, 5.41) is 6.17. The normalized spacial score (nSPS) is 27.8. The highest BCUT2D eigenvalue weighted by Crippen LogP contribution is 2.34. The van der Waals surface area contributed by atoms with Gasteiger partial charge >= 0.3 is 0 Å². The maximum Gasteiger partial charge on any atom is 0.237 e. The van der Waals surface area contributed by atoms with Crippen LogP contribution in [-0.4, -0.2) is 41.9 Å². The average Bonchev–Trinajstić information content (AvgIpc) is 2.36. The monoisotopic (exact) mass is 273 g/mol. The van der Waals surface area contributed by atoms with Gasteiger partial charge in [-0.25, -0.2) is 0 Å². The molecule has 0 aromatic carbocycles. The first-order valence-corrected chi connectivity index (χ1v) is 7.46. The Balaban J connectivity index is 2.57. The van der Waals surface area contributed by atoms with Crippen LogP contribution in [0.3, 0.4) is 0 Å². The van der Waals surface area contributed by atoms with Gasteiger partial charge < -0.3 is 16.4 Å². The SMILES string of the molecule is CCNC1(C(N)=O)CCCC(SCC(=O)NC)C1. The fourth-order valence-electron chi connectivity index (χ4n) is 2.44. The lowest BCUT2D eigenvalue weighted by molar-refractivity contribution is -0.125. The van der Waals surface area contributed by atoms with Crippen LogP contribution in [0.5, 0.6) is 0 Å². The van der Waals surface area contributed by atoms with E-state index in [1.807, 2.05) is 6.92 Å². The summed E-state index contributed by atoms with van der Waals surface area (Å²) in [7, 11) is 1.64. The molecule has 2 atom stereocenters. The molecule has 0 radical (unpaired) electrons. The first kappa shape index (κ1) is 15.3. The number of primary amides is 1. The second-order valence-corrected chi connectivity index (χ2v) is 5.97. The Hall–Kier alpha value is -0.750. The Kier molecular flexibility index (Phi) is 5.95. The van der Waals surface area contributed by atoms with Gasteiger partial charge in [0.15, 0.2) is 0 Å². The van der Waals surface area contributed by atoms with E-state index in [0.29, 0.717) is 11.0 Å². The molecule has 6 heteroatoms. The molecular formula is C12H23N3O2S.